The van der Waals surface area contributed by atoms with Crippen LogP contribution in [0.15, 0.2) is 0 Å². The molecule has 1 saturated heterocycles. The van der Waals surface area contributed by atoms with Gasteiger partial charge in [0.15, 0.2) is 0 Å². The first kappa shape index (κ1) is 15.6. The molecule has 21 heavy (non-hydrogen) atoms. The summed E-state index contributed by atoms with van der Waals surface area (Å²) < 4.78 is 0. The van der Waals surface area contributed by atoms with Gasteiger partial charge in [-0.25, -0.2) is 4.79 Å². The molecular formula is C14H23N3O4. The largest absolute Gasteiger partial charge is 0.481 e. The maximum Gasteiger partial charge on any atom is 0.317 e. The Kier molecular flexibility index (Phi) is 5.41. The minimum absolute atomic E-state index is 0.0377. The van der Waals surface area contributed by atoms with E-state index in [2.05, 4.69) is 10.6 Å². The highest BCUT2D eigenvalue weighted by Gasteiger charge is 2.28. The SMILES string of the molecule is O=C(CCCNC(=O)N1CCC[C@H](C(=O)O)C1)NC1CC1. The predicted molar refractivity (Wildman–Crippen MR) is 75.7 cm³/mol. The molecule has 1 aliphatic carbocycles. The normalized spacial score (nSPS) is 21.7. The van der Waals surface area contributed by atoms with E-state index in [0.29, 0.717) is 44.8 Å². The van der Waals surface area contributed by atoms with Gasteiger partial charge in [0.25, 0.3) is 0 Å². The second kappa shape index (κ2) is 7.28. The monoisotopic (exact) mass is 297 g/mol. The van der Waals surface area contributed by atoms with Gasteiger partial charge in [0, 0.05) is 32.1 Å². The molecule has 7 heteroatoms. The Hall–Kier alpha value is -1.79. The van der Waals surface area contributed by atoms with Crippen LogP contribution in [0, 0.1) is 5.92 Å². The lowest BCUT2D eigenvalue weighted by Crippen LogP contribution is -2.47. The molecule has 3 amide bonds. The summed E-state index contributed by atoms with van der Waals surface area (Å²) in [5, 5.41) is 14.6. The molecule has 0 spiro atoms. The van der Waals surface area contributed by atoms with Crippen LogP contribution in [0.5, 0.6) is 0 Å². The minimum Gasteiger partial charge on any atom is -0.481 e. The number of carboxylic acid groups (broad SMARTS) is 1. The number of hydrogen-bond acceptors (Lipinski definition) is 3. The summed E-state index contributed by atoms with van der Waals surface area (Å²) in [5.74, 6) is -1.27. The number of carboxylic acids is 1. The van der Waals surface area contributed by atoms with Gasteiger partial charge in [-0.15, -0.1) is 0 Å². The lowest BCUT2D eigenvalue weighted by molar-refractivity contribution is -0.143. The fourth-order valence-electron chi connectivity index (χ4n) is 2.45. The number of urea groups is 1. The highest BCUT2D eigenvalue weighted by Crippen LogP contribution is 2.18. The van der Waals surface area contributed by atoms with Crippen molar-refractivity contribution >= 4 is 17.9 Å². The summed E-state index contributed by atoms with van der Waals surface area (Å²) in [5.41, 5.74) is 0. The van der Waals surface area contributed by atoms with Crippen molar-refractivity contribution in [2.45, 2.75) is 44.6 Å². The van der Waals surface area contributed by atoms with Crippen LogP contribution in [0.25, 0.3) is 0 Å². The molecule has 0 aromatic heterocycles. The summed E-state index contributed by atoms with van der Waals surface area (Å²) in [6.07, 6.45) is 4.49. The van der Waals surface area contributed by atoms with Gasteiger partial charge in [0.2, 0.25) is 5.91 Å². The number of likely N-dealkylation sites (tertiary alicyclic amines) is 1. The van der Waals surface area contributed by atoms with Crippen LogP contribution < -0.4 is 10.6 Å². The summed E-state index contributed by atoms with van der Waals surface area (Å²) in [4.78, 5) is 35.9. The van der Waals surface area contributed by atoms with Gasteiger partial charge in [0.05, 0.1) is 5.92 Å². The number of rotatable bonds is 6. The van der Waals surface area contributed by atoms with E-state index in [0.717, 1.165) is 12.8 Å². The summed E-state index contributed by atoms with van der Waals surface area (Å²) in [7, 11) is 0. The Morgan fingerprint density at radius 3 is 2.62 bits per heavy atom. The zero-order chi connectivity index (χ0) is 15.2. The Morgan fingerprint density at radius 1 is 1.19 bits per heavy atom. The fraction of sp³-hybridized carbons (Fsp3) is 0.786. The number of hydrogen-bond donors (Lipinski definition) is 3. The number of nitrogens with zero attached hydrogens (tertiary/aromatic N) is 1. The van der Waals surface area contributed by atoms with Crippen LogP contribution in [0.4, 0.5) is 4.79 Å². The van der Waals surface area contributed by atoms with Crippen molar-refractivity contribution in [3.05, 3.63) is 0 Å². The third-order valence-electron chi connectivity index (χ3n) is 3.86. The van der Waals surface area contributed by atoms with Crippen molar-refractivity contribution in [2.75, 3.05) is 19.6 Å². The van der Waals surface area contributed by atoms with Crippen LogP contribution in [-0.4, -0.2) is 53.6 Å². The van der Waals surface area contributed by atoms with Crippen LogP contribution in [0.2, 0.25) is 0 Å². The number of piperidine rings is 1. The molecule has 3 N–H and O–H groups in total. The third kappa shape index (κ3) is 5.24. The maximum atomic E-state index is 11.9. The first-order chi connectivity index (χ1) is 10.1. The van der Waals surface area contributed by atoms with Crippen LogP contribution in [0.3, 0.4) is 0 Å². The zero-order valence-electron chi connectivity index (χ0n) is 12.1. The van der Waals surface area contributed by atoms with E-state index in [1.807, 2.05) is 0 Å². The molecule has 0 unspecified atom stereocenters. The molecule has 0 aromatic carbocycles. The van der Waals surface area contributed by atoms with Crippen molar-refractivity contribution in [1.82, 2.24) is 15.5 Å². The van der Waals surface area contributed by atoms with Gasteiger partial charge in [-0.05, 0) is 32.1 Å². The average Bonchev–Trinajstić information content (AvgIpc) is 3.27. The molecule has 1 atom stereocenters. The van der Waals surface area contributed by atoms with Crippen molar-refractivity contribution in [3.63, 3.8) is 0 Å². The number of nitrogens with one attached hydrogen (secondary N) is 2. The highest BCUT2D eigenvalue weighted by molar-refractivity contribution is 5.77. The van der Waals surface area contributed by atoms with Crippen LogP contribution in [-0.2, 0) is 9.59 Å². The number of carbonyl (C=O) groups is 3. The van der Waals surface area contributed by atoms with Crippen molar-refractivity contribution in [1.29, 1.82) is 0 Å². The smallest absolute Gasteiger partial charge is 0.317 e. The van der Waals surface area contributed by atoms with Gasteiger partial charge >= 0.3 is 12.0 Å². The number of amides is 3. The quantitative estimate of drug-likeness (QED) is 0.623. The topological polar surface area (TPSA) is 98.7 Å². The van der Waals surface area contributed by atoms with E-state index in [9.17, 15) is 14.4 Å². The number of carbonyl (C=O) groups excluding carboxylic acids is 2. The molecule has 1 saturated carbocycles. The van der Waals surface area contributed by atoms with Gasteiger partial charge in [0.1, 0.15) is 0 Å². The van der Waals surface area contributed by atoms with Gasteiger partial charge in [-0.2, -0.15) is 0 Å². The molecule has 1 heterocycles. The van der Waals surface area contributed by atoms with Crippen molar-refractivity contribution in [2.24, 2.45) is 5.92 Å². The van der Waals surface area contributed by atoms with Crippen molar-refractivity contribution in [3.8, 4) is 0 Å². The molecule has 7 nitrogen and oxygen atoms in total. The van der Waals surface area contributed by atoms with E-state index in [4.69, 9.17) is 5.11 Å². The summed E-state index contributed by atoms with van der Waals surface area (Å²) in [6.45, 7) is 1.30. The van der Waals surface area contributed by atoms with Gasteiger partial charge < -0.3 is 20.6 Å². The molecule has 0 radical (unpaired) electrons. The molecule has 118 valence electrons. The minimum atomic E-state index is -0.843. The lowest BCUT2D eigenvalue weighted by Gasteiger charge is -2.30. The fourth-order valence-corrected chi connectivity index (χ4v) is 2.45. The molecule has 2 rings (SSSR count). The first-order valence-electron chi connectivity index (χ1n) is 7.61. The van der Waals surface area contributed by atoms with E-state index >= 15 is 0 Å². The Bertz CT molecular complexity index is 409. The van der Waals surface area contributed by atoms with Crippen LogP contribution >= 0.6 is 0 Å². The third-order valence-corrected chi connectivity index (χ3v) is 3.86. The standard InChI is InChI=1S/C14H23N3O4/c18-12(16-11-5-6-11)4-1-7-15-14(21)17-8-2-3-10(9-17)13(19)20/h10-11H,1-9H2,(H,15,21)(H,16,18)(H,19,20)/t10-/m0/s1. The number of aliphatic carboxylic acids is 1. The van der Waals surface area contributed by atoms with E-state index in [1.165, 1.54) is 0 Å². The first-order valence-corrected chi connectivity index (χ1v) is 7.61. The molecule has 0 bridgehead atoms. The van der Waals surface area contributed by atoms with E-state index < -0.39 is 11.9 Å². The summed E-state index contributed by atoms with van der Waals surface area (Å²) >= 11 is 0. The van der Waals surface area contributed by atoms with Crippen LogP contribution in [0.1, 0.15) is 38.5 Å². The van der Waals surface area contributed by atoms with Gasteiger partial charge in [-0.1, -0.05) is 0 Å². The molecule has 2 fully saturated rings. The van der Waals surface area contributed by atoms with E-state index in [1.54, 1.807) is 4.90 Å². The second-order valence-electron chi connectivity index (χ2n) is 5.80. The second-order valence-corrected chi connectivity index (χ2v) is 5.80. The molecule has 2 aliphatic rings. The average molecular weight is 297 g/mol. The molecule has 0 aromatic rings. The maximum absolute atomic E-state index is 11.9. The van der Waals surface area contributed by atoms with E-state index in [-0.39, 0.29) is 18.5 Å². The zero-order valence-corrected chi connectivity index (χ0v) is 12.1. The Balaban J connectivity index is 1.59. The molecule has 1 aliphatic heterocycles. The molecular weight excluding hydrogens is 274 g/mol. The Morgan fingerprint density at radius 2 is 1.95 bits per heavy atom. The highest BCUT2D eigenvalue weighted by atomic mass is 16.4. The Labute approximate surface area is 124 Å². The summed E-state index contributed by atoms with van der Waals surface area (Å²) in [6, 6.07) is 0.136. The predicted octanol–water partition coefficient (Wildman–Crippen LogP) is 0.551. The van der Waals surface area contributed by atoms with Crippen molar-refractivity contribution < 1.29 is 19.5 Å². The van der Waals surface area contributed by atoms with Gasteiger partial charge in [-0.3, -0.25) is 9.59 Å². The lowest BCUT2D eigenvalue weighted by atomic mass is 9.99.